The molecule has 2 amide bonds. The van der Waals surface area contributed by atoms with E-state index >= 15 is 0 Å². The van der Waals surface area contributed by atoms with Gasteiger partial charge in [-0.25, -0.2) is 0 Å². The summed E-state index contributed by atoms with van der Waals surface area (Å²) >= 11 is 6.11. The van der Waals surface area contributed by atoms with E-state index in [2.05, 4.69) is 5.32 Å². The van der Waals surface area contributed by atoms with Crippen LogP contribution in [0.3, 0.4) is 0 Å². The molecule has 0 aromatic heterocycles. The lowest BCUT2D eigenvalue weighted by Crippen LogP contribution is -2.46. The van der Waals surface area contributed by atoms with Crippen LogP contribution in [-0.2, 0) is 9.59 Å². The number of likely N-dealkylation sites (N-methyl/N-ethyl adjacent to an activating group) is 1. The van der Waals surface area contributed by atoms with E-state index in [1.54, 1.807) is 4.90 Å². The highest BCUT2D eigenvalue weighted by Gasteiger charge is 2.37. The molecule has 1 aliphatic heterocycles. The van der Waals surface area contributed by atoms with Crippen molar-refractivity contribution in [1.29, 1.82) is 0 Å². The summed E-state index contributed by atoms with van der Waals surface area (Å²) < 4.78 is 0. The Bertz CT molecular complexity index is 810. The van der Waals surface area contributed by atoms with Gasteiger partial charge in [-0.3, -0.25) is 14.5 Å². The maximum absolute atomic E-state index is 12.9. The van der Waals surface area contributed by atoms with E-state index in [9.17, 15) is 9.59 Å². The average molecular weight is 386 g/mol. The first-order valence-electron chi connectivity index (χ1n) is 9.04. The van der Waals surface area contributed by atoms with Crippen molar-refractivity contribution in [2.45, 2.75) is 24.9 Å². The molecule has 0 spiro atoms. The number of nitrogens with zero attached hydrogens (tertiary/aromatic N) is 2. The molecule has 0 bridgehead atoms. The zero-order valence-electron chi connectivity index (χ0n) is 15.6. The predicted molar refractivity (Wildman–Crippen MR) is 108 cm³/mol. The van der Waals surface area contributed by atoms with Gasteiger partial charge in [-0.2, -0.15) is 0 Å². The first-order valence-corrected chi connectivity index (χ1v) is 9.42. The molecule has 1 heterocycles. The van der Waals surface area contributed by atoms with Crippen LogP contribution in [0.2, 0.25) is 5.02 Å². The Kier molecular flexibility index (Phi) is 6.14. The molecule has 0 saturated carbocycles. The molecule has 142 valence electrons. The first-order chi connectivity index (χ1) is 13.0. The molecule has 1 saturated heterocycles. The van der Waals surface area contributed by atoms with Crippen LogP contribution < -0.4 is 10.2 Å². The van der Waals surface area contributed by atoms with E-state index in [-0.39, 0.29) is 17.9 Å². The average Bonchev–Trinajstić information content (AvgIpc) is 3.04. The van der Waals surface area contributed by atoms with E-state index in [4.69, 9.17) is 11.6 Å². The maximum atomic E-state index is 12.9. The number of para-hydroxylation sites is 1. The van der Waals surface area contributed by atoms with Crippen LogP contribution in [-0.4, -0.2) is 43.4 Å². The Balaban J connectivity index is 1.71. The number of rotatable bonds is 6. The monoisotopic (exact) mass is 385 g/mol. The highest BCUT2D eigenvalue weighted by Crippen LogP contribution is 2.27. The molecule has 1 N–H and O–H groups in total. The van der Waals surface area contributed by atoms with Gasteiger partial charge in [0.2, 0.25) is 11.8 Å². The third-order valence-electron chi connectivity index (χ3n) is 4.88. The van der Waals surface area contributed by atoms with Gasteiger partial charge < -0.3 is 10.2 Å². The van der Waals surface area contributed by atoms with Crippen LogP contribution in [0.1, 0.15) is 24.4 Å². The molecule has 27 heavy (non-hydrogen) atoms. The highest BCUT2D eigenvalue weighted by atomic mass is 35.5. The van der Waals surface area contributed by atoms with Crippen LogP contribution in [0.4, 0.5) is 5.69 Å². The minimum Gasteiger partial charge on any atom is -0.352 e. The zero-order chi connectivity index (χ0) is 19.4. The van der Waals surface area contributed by atoms with Gasteiger partial charge >= 0.3 is 0 Å². The third kappa shape index (κ3) is 4.49. The Labute approximate surface area is 164 Å². The summed E-state index contributed by atoms with van der Waals surface area (Å²) in [5.41, 5.74) is 1.80. The standard InChI is InChI=1S/C21H24ClN3O2/c1-24(2)19(15-7-6-8-16(22)13-15)14-23-21(27)18-11-12-20(26)25(18)17-9-4-3-5-10-17/h3-10,13,18-19H,11-12,14H2,1-2H3,(H,23,27). The van der Waals surface area contributed by atoms with Gasteiger partial charge in [-0.1, -0.05) is 41.9 Å². The summed E-state index contributed by atoms with van der Waals surface area (Å²) in [6.07, 6.45) is 0.918. The first kappa shape index (κ1) is 19.4. The zero-order valence-corrected chi connectivity index (χ0v) is 16.3. The lowest BCUT2D eigenvalue weighted by molar-refractivity contribution is -0.124. The summed E-state index contributed by atoms with van der Waals surface area (Å²) in [7, 11) is 3.93. The van der Waals surface area contributed by atoms with E-state index in [1.807, 2.05) is 73.6 Å². The molecular weight excluding hydrogens is 362 g/mol. The molecule has 2 atom stereocenters. The number of anilines is 1. The van der Waals surface area contributed by atoms with Crippen molar-refractivity contribution in [3.8, 4) is 0 Å². The number of amides is 2. The molecule has 0 radical (unpaired) electrons. The van der Waals surface area contributed by atoms with Crippen molar-refractivity contribution >= 4 is 29.1 Å². The number of hydrogen-bond acceptors (Lipinski definition) is 3. The maximum Gasteiger partial charge on any atom is 0.243 e. The van der Waals surface area contributed by atoms with Crippen molar-refractivity contribution in [1.82, 2.24) is 10.2 Å². The van der Waals surface area contributed by atoms with Crippen molar-refractivity contribution in [2.24, 2.45) is 0 Å². The normalized spacial score (nSPS) is 18.0. The largest absolute Gasteiger partial charge is 0.352 e. The number of hydrogen-bond donors (Lipinski definition) is 1. The van der Waals surface area contributed by atoms with E-state index in [0.717, 1.165) is 11.3 Å². The van der Waals surface area contributed by atoms with E-state index in [0.29, 0.717) is 24.4 Å². The molecule has 2 aromatic rings. The van der Waals surface area contributed by atoms with Crippen molar-refractivity contribution in [2.75, 3.05) is 25.5 Å². The van der Waals surface area contributed by atoms with Gasteiger partial charge in [0.15, 0.2) is 0 Å². The van der Waals surface area contributed by atoms with E-state index in [1.165, 1.54) is 0 Å². The van der Waals surface area contributed by atoms with Crippen LogP contribution in [0.5, 0.6) is 0 Å². The lowest BCUT2D eigenvalue weighted by atomic mass is 10.1. The predicted octanol–water partition coefficient (Wildman–Crippen LogP) is 3.25. The molecule has 0 aliphatic carbocycles. The van der Waals surface area contributed by atoms with Crippen LogP contribution >= 0.6 is 11.6 Å². The van der Waals surface area contributed by atoms with Crippen molar-refractivity contribution in [3.63, 3.8) is 0 Å². The molecule has 5 nitrogen and oxygen atoms in total. The topological polar surface area (TPSA) is 52.7 Å². The molecule has 2 unspecified atom stereocenters. The third-order valence-corrected chi connectivity index (χ3v) is 5.11. The summed E-state index contributed by atoms with van der Waals surface area (Å²) in [6, 6.07) is 16.5. The quantitative estimate of drug-likeness (QED) is 0.830. The van der Waals surface area contributed by atoms with Gasteiger partial charge in [-0.15, -0.1) is 0 Å². The fourth-order valence-corrected chi connectivity index (χ4v) is 3.67. The fourth-order valence-electron chi connectivity index (χ4n) is 3.47. The Morgan fingerprint density at radius 3 is 2.63 bits per heavy atom. The fraction of sp³-hybridized carbons (Fsp3) is 0.333. The number of nitrogens with one attached hydrogen (secondary N) is 1. The second-order valence-electron chi connectivity index (χ2n) is 6.93. The van der Waals surface area contributed by atoms with Crippen LogP contribution in [0.15, 0.2) is 54.6 Å². The Hall–Kier alpha value is -2.37. The van der Waals surface area contributed by atoms with Gasteiger partial charge in [0.25, 0.3) is 0 Å². The second kappa shape index (κ2) is 8.55. The second-order valence-corrected chi connectivity index (χ2v) is 7.37. The summed E-state index contributed by atoms with van der Waals surface area (Å²) in [6.45, 7) is 0.444. The molecule has 3 rings (SSSR count). The Morgan fingerprint density at radius 1 is 1.22 bits per heavy atom. The van der Waals surface area contributed by atoms with Gasteiger partial charge in [0.1, 0.15) is 6.04 Å². The summed E-state index contributed by atoms with van der Waals surface area (Å²) in [4.78, 5) is 28.8. The molecule has 6 heteroatoms. The highest BCUT2D eigenvalue weighted by molar-refractivity contribution is 6.30. The summed E-state index contributed by atoms with van der Waals surface area (Å²) in [5, 5.41) is 3.70. The number of halogens is 1. The minimum absolute atomic E-state index is 0.00469. The molecule has 1 fully saturated rings. The smallest absolute Gasteiger partial charge is 0.243 e. The molecular formula is C21H24ClN3O2. The van der Waals surface area contributed by atoms with Gasteiger partial charge in [-0.05, 0) is 50.3 Å². The lowest BCUT2D eigenvalue weighted by Gasteiger charge is -2.28. The molecule has 2 aromatic carbocycles. The number of benzene rings is 2. The van der Waals surface area contributed by atoms with E-state index < -0.39 is 6.04 Å². The van der Waals surface area contributed by atoms with Crippen molar-refractivity contribution < 1.29 is 9.59 Å². The van der Waals surface area contributed by atoms with Crippen LogP contribution in [0.25, 0.3) is 0 Å². The summed E-state index contributed by atoms with van der Waals surface area (Å²) in [5.74, 6) is -0.140. The Morgan fingerprint density at radius 2 is 1.96 bits per heavy atom. The molecule has 1 aliphatic rings. The number of carbonyl (C=O) groups is 2. The van der Waals surface area contributed by atoms with Crippen LogP contribution in [0, 0.1) is 0 Å². The van der Waals surface area contributed by atoms with Gasteiger partial charge in [0, 0.05) is 23.7 Å². The van der Waals surface area contributed by atoms with Gasteiger partial charge in [0.05, 0.1) is 6.04 Å². The minimum atomic E-state index is -0.470. The number of carbonyl (C=O) groups excluding carboxylic acids is 2. The van der Waals surface area contributed by atoms with Crippen molar-refractivity contribution in [3.05, 3.63) is 65.2 Å². The SMILES string of the molecule is CN(C)C(CNC(=O)C1CCC(=O)N1c1ccccc1)c1cccc(Cl)c1.